The first-order chi connectivity index (χ1) is 10.6. The van der Waals surface area contributed by atoms with E-state index in [1.54, 1.807) is 37.3 Å². The number of rotatable bonds is 5. The molecule has 2 N–H and O–H groups in total. The molecule has 0 aliphatic carbocycles. The average Bonchev–Trinajstić information content (AvgIpc) is 2.52. The Labute approximate surface area is 129 Å². The Morgan fingerprint density at radius 2 is 2.00 bits per heavy atom. The highest BCUT2D eigenvalue weighted by molar-refractivity contribution is 5.93. The van der Waals surface area contributed by atoms with E-state index in [1.165, 1.54) is 0 Å². The van der Waals surface area contributed by atoms with Crippen LogP contribution in [0.4, 0.5) is 11.5 Å². The topological polar surface area (TPSA) is 90.7 Å². The molecule has 0 radical (unpaired) electrons. The average molecular weight is 295 g/mol. The molecule has 0 unspecified atom stereocenters. The summed E-state index contributed by atoms with van der Waals surface area (Å²) in [5.41, 5.74) is 1.71. The first kappa shape index (κ1) is 15.4. The Morgan fingerprint density at radius 1 is 1.27 bits per heavy atom. The summed E-state index contributed by atoms with van der Waals surface area (Å²) in [7, 11) is 0. The van der Waals surface area contributed by atoms with Crippen molar-refractivity contribution in [3.8, 4) is 6.07 Å². The minimum absolute atomic E-state index is 0.213. The van der Waals surface area contributed by atoms with Gasteiger partial charge < -0.3 is 10.6 Å². The van der Waals surface area contributed by atoms with Gasteiger partial charge in [0, 0.05) is 18.3 Å². The summed E-state index contributed by atoms with van der Waals surface area (Å²) >= 11 is 0. The molecule has 0 spiro atoms. The van der Waals surface area contributed by atoms with Crippen LogP contribution in [0.3, 0.4) is 0 Å². The normalized spacial score (nSPS) is 9.86. The second kappa shape index (κ2) is 7.18. The van der Waals surface area contributed by atoms with Gasteiger partial charge in [0.1, 0.15) is 17.3 Å². The lowest BCUT2D eigenvalue weighted by molar-refractivity contribution is 0.0948. The fraction of sp³-hybridized carbons (Fsp3) is 0.250. The molecule has 112 valence electrons. The molecule has 22 heavy (non-hydrogen) atoms. The van der Waals surface area contributed by atoms with Crippen LogP contribution >= 0.6 is 0 Å². The van der Waals surface area contributed by atoms with Crippen LogP contribution in [0.2, 0.25) is 0 Å². The summed E-state index contributed by atoms with van der Waals surface area (Å²) in [6, 6.07) is 10.7. The minimum atomic E-state index is -0.213. The predicted molar refractivity (Wildman–Crippen MR) is 83.8 cm³/mol. The van der Waals surface area contributed by atoms with Gasteiger partial charge in [-0.2, -0.15) is 5.26 Å². The van der Waals surface area contributed by atoms with Crippen LogP contribution in [0.1, 0.15) is 35.2 Å². The largest absolute Gasteiger partial charge is 0.351 e. The summed E-state index contributed by atoms with van der Waals surface area (Å²) in [5.74, 6) is 0.842. The van der Waals surface area contributed by atoms with Crippen LogP contribution in [0.15, 0.2) is 30.3 Å². The van der Waals surface area contributed by atoms with Gasteiger partial charge in [0.15, 0.2) is 0 Å². The van der Waals surface area contributed by atoms with Gasteiger partial charge in [0.2, 0.25) is 0 Å². The molecule has 2 rings (SSSR count). The smallest absolute Gasteiger partial charge is 0.270 e. The van der Waals surface area contributed by atoms with Crippen molar-refractivity contribution >= 4 is 17.4 Å². The van der Waals surface area contributed by atoms with E-state index in [2.05, 4.69) is 26.7 Å². The van der Waals surface area contributed by atoms with Gasteiger partial charge in [0.25, 0.3) is 5.91 Å². The van der Waals surface area contributed by atoms with Crippen LogP contribution in [0.5, 0.6) is 0 Å². The maximum atomic E-state index is 12.0. The van der Waals surface area contributed by atoms with E-state index in [-0.39, 0.29) is 5.91 Å². The van der Waals surface area contributed by atoms with E-state index in [0.717, 1.165) is 12.1 Å². The van der Waals surface area contributed by atoms with Crippen LogP contribution in [0.25, 0.3) is 0 Å². The maximum Gasteiger partial charge on any atom is 0.270 e. The highest BCUT2D eigenvalue weighted by Gasteiger charge is 2.10. The van der Waals surface area contributed by atoms with E-state index in [9.17, 15) is 4.79 Å². The Bertz CT molecular complexity index is 703. The van der Waals surface area contributed by atoms with Gasteiger partial charge in [-0.3, -0.25) is 4.79 Å². The van der Waals surface area contributed by atoms with Gasteiger partial charge in [-0.05, 0) is 37.6 Å². The Morgan fingerprint density at radius 3 is 2.64 bits per heavy atom. The van der Waals surface area contributed by atoms with Crippen molar-refractivity contribution < 1.29 is 4.79 Å². The summed E-state index contributed by atoms with van der Waals surface area (Å²) in [6.45, 7) is 4.34. The van der Waals surface area contributed by atoms with Gasteiger partial charge in [-0.15, -0.1) is 0 Å². The van der Waals surface area contributed by atoms with Gasteiger partial charge in [0.05, 0.1) is 11.6 Å². The number of nitrogens with one attached hydrogen (secondary N) is 2. The van der Waals surface area contributed by atoms with E-state index >= 15 is 0 Å². The molecule has 0 bridgehead atoms. The maximum absolute atomic E-state index is 12.0. The van der Waals surface area contributed by atoms with Crippen molar-refractivity contribution in [2.45, 2.75) is 20.3 Å². The Balaban J connectivity index is 2.18. The molecule has 1 amide bonds. The number of carbonyl (C=O) groups excluding carboxylic acids is 1. The zero-order valence-electron chi connectivity index (χ0n) is 12.6. The van der Waals surface area contributed by atoms with Crippen molar-refractivity contribution in [1.29, 1.82) is 5.26 Å². The first-order valence-corrected chi connectivity index (χ1v) is 7.03. The number of benzene rings is 1. The molecule has 2 aromatic rings. The van der Waals surface area contributed by atoms with Gasteiger partial charge in [-0.1, -0.05) is 6.92 Å². The fourth-order valence-electron chi connectivity index (χ4n) is 1.85. The molecule has 1 aromatic heterocycles. The molecule has 0 saturated carbocycles. The summed E-state index contributed by atoms with van der Waals surface area (Å²) < 4.78 is 0. The number of aryl methyl sites for hydroxylation is 1. The third kappa shape index (κ3) is 4.03. The minimum Gasteiger partial charge on any atom is -0.351 e. The van der Waals surface area contributed by atoms with Crippen molar-refractivity contribution in [3.63, 3.8) is 0 Å². The fourth-order valence-corrected chi connectivity index (χ4v) is 1.85. The second-order valence-corrected chi connectivity index (χ2v) is 4.76. The molecule has 1 heterocycles. The van der Waals surface area contributed by atoms with Crippen molar-refractivity contribution in [2.75, 3.05) is 11.9 Å². The number of hydrogen-bond donors (Lipinski definition) is 2. The number of nitrogens with zero attached hydrogens (tertiary/aromatic N) is 3. The van der Waals surface area contributed by atoms with E-state index in [1.807, 2.05) is 6.92 Å². The number of aromatic nitrogens is 2. The molecule has 6 nitrogen and oxygen atoms in total. The zero-order valence-corrected chi connectivity index (χ0v) is 12.6. The van der Waals surface area contributed by atoms with Crippen LogP contribution in [0, 0.1) is 18.3 Å². The summed E-state index contributed by atoms with van der Waals surface area (Å²) in [6.07, 6.45) is 0.867. The van der Waals surface area contributed by atoms with E-state index in [0.29, 0.717) is 29.4 Å². The molecular formula is C16H17N5O. The molecule has 0 fully saturated rings. The molecule has 0 atom stereocenters. The zero-order chi connectivity index (χ0) is 15.9. The van der Waals surface area contributed by atoms with E-state index in [4.69, 9.17) is 5.26 Å². The summed E-state index contributed by atoms with van der Waals surface area (Å²) in [5, 5.41) is 14.7. The van der Waals surface area contributed by atoms with Crippen LogP contribution in [-0.2, 0) is 0 Å². The number of amides is 1. The monoisotopic (exact) mass is 295 g/mol. The van der Waals surface area contributed by atoms with Crippen molar-refractivity contribution in [1.82, 2.24) is 15.3 Å². The number of carbonyl (C=O) groups is 1. The lowest BCUT2D eigenvalue weighted by Gasteiger charge is -2.09. The second-order valence-electron chi connectivity index (χ2n) is 4.76. The summed E-state index contributed by atoms with van der Waals surface area (Å²) in [4.78, 5) is 20.4. The standard InChI is InChI=1S/C16H17N5O/c1-3-8-18-16(22)14-9-15(20-11(2)19-14)21-13-6-4-12(10-17)5-7-13/h4-7,9H,3,8H2,1-2H3,(H,18,22)(H,19,20,21). The third-order valence-corrected chi connectivity index (χ3v) is 2.89. The number of nitriles is 1. The number of anilines is 2. The molecule has 0 aliphatic heterocycles. The molecule has 0 aliphatic rings. The van der Waals surface area contributed by atoms with Crippen LogP contribution in [-0.4, -0.2) is 22.4 Å². The lowest BCUT2D eigenvalue weighted by atomic mass is 10.2. The van der Waals surface area contributed by atoms with Crippen molar-refractivity contribution in [2.24, 2.45) is 0 Å². The van der Waals surface area contributed by atoms with E-state index < -0.39 is 0 Å². The van der Waals surface area contributed by atoms with Gasteiger partial charge >= 0.3 is 0 Å². The number of hydrogen-bond acceptors (Lipinski definition) is 5. The molecular weight excluding hydrogens is 278 g/mol. The highest BCUT2D eigenvalue weighted by atomic mass is 16.1. The first-order valence-electron chi connectivity index (χ1n) is 7.03. The molecule has 0 saturated heterocycles. The molecule has 6 heteroatoms. The molecule has 1 aromatic carbocycles. The third-order valence-electron chi connectivity index (χ3n) is 2.89. The predicted octanol–water partition coefficient (Wildman–Crippen LogP) is 2.54. The van der Waals surface area contributed by atoms with Crippen LogP contribution < -0.4 is 10.6 Å². The quantitative estimate of drug-likeness (QED) is 0.884. The van der Waals surface area contributed by atoms with Crippen molar-refractivity contribution in [3.05, 3.63) is 47.4 Å². The Hall–Kier alpha value is -2.94. The highest BCUT2D eigenvalue weighted by Crippen LogP contribution is 2.16. The van der Waals surface area contributed by atoms with Gasteiger partial charge in [-0.25, -0.2) is 9.97 Å². The SMILES string of the molecule is CCCNC(=O)c1cc(Nc2ccc(C#N)cc2)nc(C)n1. The lowest BCUT2D eigenvalue weighted by Crippen LogP contribution is -2.25. The Kier molecular flexibility index (Phi) is 5.04.